The normalized spacial score (nSPS) is 12.2. The first kappa shape index (κ1) is 21.6. The molecule has 0 fully saturated rings. The van der Waals surface area contributed by atoms with E-state index in [0.717, 1.165) is 22.9 Å². The molecule has 0 saturated heterocycles. The molecule has 4 aromatic rings. The number of aromatic nitrogens is 4. The highest BCUT2D eigenvalue weighted by Gasteiger charge is 2.34. The summed E-state index contributed by atoms with van der Waals surface area (Å²) in [5.74, 6) is -1.20. The Morgan fingerprint density at radius 2 is 1.47 bits per heavy atom. The van der Waals surface area contributed by atoms with E-state index in [1.54, 1.807) is 36.4 Å². The van der Waals surface area contributed by atoms with Crippen molar-refractivity contribution in [2.75, 3.05) is 0 Å². The Morgan fingerprint density at radius 1 is 0.781 bits per heavy atom. The molecule has 0 aliphatic rings. The quantitative estimate of drug-likeness (QED) is 0.365. The van der Waals surface area contributed by atoms with Gasteiger partial charge in [0.2, 0.25) is 0 Å². The third-order valence-corrected chi connectivity index (χ3v) is 5.09. The van der Waals surface area contributed by atoms with E-state index in [0.29, 0.717) is 17.1 Å². The van der Waals surface area contributed by atoms with Crippen molar-refractivity contribution in [3.05, 3.63) is 95.6 Å². The first-order chi connectivity index (χ1) is 15.1. The Labute approximate surface area is 180 Å². The molecule has 4 nitrogen and oxygen atoms in total. The molecule has 0 amide bonds. The second-order valence-corrected chi connectivity index (χ2v) is 7.68. The summed E-state index contributed by atoms with van der Waals surface area (Å²) in [7, 11) is 0. The van der Waals surface area contributed by atoms with E-state index >= 15 is 0 Å². The summed E-state index contributed by atoms with van der Waals surface area (Å²) in [5, 5.41) is 3.56. The van der Waals surface area contributed by atoms with Crippen LogP contribution in [-0.2, 0) is 11.6 Å². The molecule has 164 valence electrons. The Balaban J connectivity index is 1.71. The number of alkyl halides is 3. The lowest BCUT2D eigenvalue weighted by Crippen LogP contribution is -2.23. The molecule has 3 heterocycles. The van der Waals surface area contributed by atoms with Crippen LogP contribution in [0.3, 0.4) is 0 Å². The fourth-order valence-corrected chi connectivity index (χ4v) is 3.26. The predicted molar refractivity (Wildman–Crippen MR) is 108 cm³/mol. The van der Waals surface area contributed by atoms with Gasteiger partial charge in [-0.2, -0.15) is 18.3 Å². The highest BCUT2D eigenvalue weighted by atomic mass is 19.4. The highest BCUT2D eigenvalue weighted by Crippen LogP contribution is 2.32. The minimum Gasteiger partial charge on any atom is -0.252 e. The summed E-state index contributed by atoms with van der Waals surface area (Å²) in [6.45, 7) is 3.69. The summed E-state index contributed by atoms with van der Waals surface area (Å²) in [6, 6.07) is 14.1. The van der Waals surface area contributed by atoms with Crippen LogP contribution in [0.1, 0.15) is 30.9 Å². The second-order valence-electron chi connectivity index (χ2n) is 7.68. The van der Waals surface area contributed by atoms with Gasteiger partial charge in [0.05, 0.1) is 17.1 Å². The van der Waals surface area contributed by atoms with Gasteiger partial charge in [-0.15, -0.1) is 0 Å². The van der Waals surface area contributed by atoms with Crippen molar-refractivity contribution in [1.29, 1.82) is 0 Å². The Morgan fingerprint density at radius 3 is 2.12 bits per heavy atom. The third kappa shape index (κ3) is 4.10. The maximum absolute atomic E-state index is 14.2. The Hall–Kier alpha value is -3.62. The molecular formula is C23H17F5N4. The lowest BCUT2D eigenvalue weighted by Gasteiger charge is -2.24. The van der Waals surface area contributed by atoms with Crippen molar-refractivity contribution in [2.24, 2.45) is 0 Å². The molecule has 0 atom stereocenters. The van der Waals surface area contributed by atoms with Crippen LogP contribution >= 0.6 is 0 Å². The van der Waals surface area contributed by atoms with Crippen molar-refractivity contribution in [3.63, 3.8) is 0 Å². The van der Waals surface area contributed by atoms with E-state index in [1.807, 2.05) is 13.8 Å². The van der Waals surface area contributed by atoms with E-state index in [4.69, 9.17) is 0 Å². The lowest BCUT2D eigenvalue weighted by molar-refractivity contribution is -0.141. The van der Waals surface area contributed by atoms with Gasteiger partial charge in [0.15, 0.2) is 11.5 Å². The molecule has 1 aromatic carbocycles. The van der Waals surface area contributed by atoms with E-state index < -0.39 is 28.9 Å². The number of hydrogen-bond acceptors (Lipinski definition) is 3. The molecule has 4 rings (SSSR count). The Kier molecular flexibility index (Phi) is 5.28. The SMILES string of the molecule is CC(C)(c1cccc(-c2ccc(F)cc2F)n1)c1cccc(-n2ccc(C(F)(F)F)n2)n1. The van der Waals surface area contributed by atoms with Crippen LogP contribution in [-0.4, -0.2) is 19.7 Å². The fraction of sp³-hybridized carbons (Fsp3) is 0.174. The molecule has 0 radical (unpaired) electrons. The van der Waals surface area contributed by atoms with Crippen molar-refractivity contribution < 1.29 is 22.0 Å². The molecule has 0 unspecified atom stereocenters. The largest absolute Gasteiger partial charge is 0.435 e. The summed E-state index contributed by atoms with van der Waals surface area (Å²) in [6.07, 6.45) is -3.36. The average Bonchev–Trinajstić information content (AvgIpc) is 3.25. The smallest absolute Gasteiger partial charge is 0.252 e. The number of hydrogen-bond donors (Lipinski definition) is 0. The van der Waals surface area contributed by atoms with Crippen LogP contribution in [0.15, 0.2) is 66.9 Å². The van der Waals surface area contributed by atoms with Crippen LogP contribution in [0.4, 0.5) is 22.0 Å². The van der Waals surface area contributed by atoms with Gasteiger partial charge < -0.3 is 0 Å². The molecule has 32 heavy (non-hydrogen) atoms. The number of halogens is 5. The van der Waals surface area contributed by atoms with Crippen molar-refractivity contribution in [3.8, 4) is 17.1 Å². The van der Waals surface area contributed by atoms with Crippen LogP contribution in [0.25, 0.3) is 17.1 Å². The van der Waals surface area contributed by atoms with Gasteiger partial charge in [0.1, 0.15) is 11.6 Å². The fourth-order valence-electron chi connectivity index (χ4n) is 3.26. The zero-order valence-corrected chi connectivity index (χ0v) is 17.0. The van der Waals surface area contributed by atoms with Gasteiger partial charge in [0, 0.05) is 23.2 Å². The zero-order valence-electron chi connectivity index (χ0n) is 17.0. The van der Waals surface area contributed by atoms with Crippen LogP contribution in [0.2, 0.25) is 0 Å². The first-order valence-corrected chi connectivity index (χ1v) is 9.59. The van der Waals surface area contributed by atoms with Gasteiger partial charge in [-0.1, -0.05) is 12.1 Å². The average molecular weight is 444 g/mol. The molecule has 3 aromatic heterocycles. The number of nitrogens with zero attached hydrogens (tertiary/aromatic N) is 4. The van der Waals surface area contributed by atoms with Gasteiger partial charge in [-0.05, 0) is 56.3 Å². The summed E-state index contributed by atoms with van der Waals surface area (Å²) in [4.78, 5) is 9.03. The van der Waals surface area contributed by atoms with E-state index in [-0.39, 0.29) is 11.4 Å². The maximum Gasteiger partial charge on any atom is 0.435 e. The Bertz CT molecular complexity index is 1280. The maximum atomic E-state index is 14.2. The van der Waals surface area contributed by atoms with Crippen LogP contribution in [0, 0.1) is 11.6 Å². The van der Waals surface area contributed by atoms with Crippen LogP contribution < -0.4 is 0 Å². The molecule has 0 bridgehead atoms. The highest BCUT2D eigenvalue weighted by molar-refractivity contribution is 5.60. The van der Waals surface area contributed by atoms with Gasteiger partial charge in [0.25, 0.3) is 0 Å². The van der Waals surface area contributed by atoms with Crippen molar-refractivity contribution >= 4 is 0 Å². The minimum atomic E-state index is -4.55. The van der Waals surface area contributed by atoms with E-state index in [1.165, 1.54) is 12.3 Å². The number of rotatable bonds is 4. The van der Waals surface area contributed by atoms with Gasteiger partial charge >= 0.3 is 6.18 Å². The molecular weight excluding hydrogens is 427 g/mol. The minimum absolute atomic E-state index is 0.155. The lowest BCUT2D eigenvalue weighted by atomic mass is 9.84. The second kappa shape index (κ2) is 7.81. The first-order valence-electron chi connectivity index (χ1n) is 9.59. The summed E-state index contributed by atoms with van der Waals surface area (Å²) < 4.78 is 67.2. The summed E-state index contributed by atoms with van der Waals surface area (Å²) in [5.41, 5.74) is -0.224. The molecule has 9 heteroatoms. The zero-order chi connectivity index (χ0) is 23.1. The van der Waals surface area contributed by atoms with Crippen molar-refractivity contribution in [1.82, 2.24) is 19.7 Å². The molecule has 0 aliphatic heterocycles. The summed E-state index contributed by atoms with van der Waals surface area (Å²) >= 11 is 0. The standard InChI is InChI=1S/C23H17F5N4/c1-22(2,18-6-3-5-17(29-18)15-10-9-14(24)13-16(15)25)19-7-4-8-21(30-19)32-12-11-20(31-32)23(26,27)28/h3-13H,1-2H3. The van der Waals surface area contributed by atoms with E-state index in [2.05, 4.69) is 15.1 Å². The number of pyridine rings is 2. The number of benzene rings is 1. The van der Waals surface area contributed by atoms with Gasteiger partial charge in [-0.3, -0.25) is 4.98 Å². The third-order valence-electron chi connectivity index (χ3n) is 5.09. The monoisotopic (exact) mass is 444 g/mol. The molecule has 0 saturated carbocycles. The van der Waals surface area contributed by atoms with Gasteiger partial charge in [-0.25, -0.2) is 18.4 Å². The molecule has 0 N–H and O–H groups in total. The molecule has 0 aliphatic carbocycles. The predicted octanol–water partition coefficient (Wildman–Crippen LogP) is 5.95. The van der Waals surface area contributed by atoms with Crippen molar-refractivity contribution in [2.45, 2.75) is 25.4 Å². The van der Waals surface area contributed by atoms with Crippen LogP contribution in [0.5, 0.6) is 0 Å². The van der Waals surface area contributed by atoms with E-state index in [9.17, 15) is 22.0 Å². The topological polar surface area (TPSA) is 43.6 Å². The molecule has 0 spiro atoms.